The average molecular weight is 475 g/mol. The molecule has 0 unspecified atom stereocenters. The van der Waals surface area contributed by atoms with Gasteiger partial charge in [0.25, 0.3) is 10.0 Å². The minimum absolute atomic E-state index is 0.139. The number of methoxy groups -OCH3 is 1. The van der Waals surface area contributed by atoms with E-state index in [1.807, 2.05) is 30.3 Å². The van der Waals surface area contributed by atoms with Crippen molar-refractivity contribution in [3.05, 3.63) is 88.4 Å². The molecule has 0 aliphatic rings. The Bertz CT molecular complexity index is 1090. The third-order valence-electron chi connectivity index (χ3n) is 3.92. The Hall–Kier alpha value is -2.84. The van der Waals surface area contributed by atoms with Crippen molar-refractivity contribution in [1.29, 1.82) is 0 Å². The molecule has 0 saturated heterocycles. The highest BCUT2D eigenvalue weighted by Gasteiger charge is 2.13. The predicted molar refractivity (Wildman–Crippen MR) is 116 cm³/mol. The van der Waals surface area contributed by atoms with Crippen LogP contribution in [-0.2, 0) is 16.6 Å². The topological polar surface area (TPSA) is 77.0 Å². The zero-order valence-electron chi connectivity index (χ0n) is 15.6. The van der Waals surface area contributed by atoms with Gasteiger partial charge in [-0.05, 0) is 51.3 Å². The van der Waals surface area contributed by atoms with Gasteiger partial charge in [0, 0.05) is 0 Å². The molecule has 0 amide bonds. The molecular weight excluding hydrogens is 456 g/mol. The molecule has 1 N–H and O–H groups in total. The van der Waals surface area contributed by atoms with Crippen molar-refractivity contribution in [3.8, 4) is 11.5 Å². The summed E-state index contributed by atoms with van der Waals surface area (Å²) < 4.78 is 36.4. The van der Waals surface area contributed by atoms with Crippen LogP contribution in [0.4, 0.5) is 0 Å². The van der Waals surface area contributed by atoms with Crippen molar-refractivity contribution in [3.63, 3.8) is 0 Å². The van der Waals surface area contributed by atoms with Gasteiger partial charge in [0.1, 0.15) is 6.61 Å². The molecule has 0 aliphatic carbocycles. The molecule has 0 heterocycles. The van der Waals surface area contributed by atoms with Gasteiger partial charge in [-0.3, -0.25) is 0 Å². The summed E-state index contributed by atoms with van der Waals surface area (Å²) in [6.07, 6.45) is 1.40. The first-order chi connectivity index (χ1) is 14.0. The molecule has 0 spiro atoms. The molecule has 0 aliphatic heterocycles. The molecule has 0 fully saturated rings. The SMILES string of the molecule is COc1cc(/C=N/NS(=O)(=O)c2ccccc2)cc(Br)c1OCc1ccccc1. The summed E-state index contributed by atoms with van der Waals surface area (Å²) in [7, 11) is -2.18. The second-order valence-electron chi connectivity index (χ2n) is 5.97. The summed E-state index contributed by atoms with van der Waals surface area (Å²) in [6.45, 7) is 0.389. The first kappa shape index (κ1) is 20.9. The number of ether oxygens (including phenoxy) is 2. The number of hydrazone groups is 1. The van der Waals surface area contributed by atoms with Gasteiger partial charge in [0.15, 0.2) is 11.5 Å². The second-order valence-corrected chi connectivity index (χ2v) is 8.49. The fraction of sp³-hybridized carbons (Fsp3) is 0.0952. The highest BCUT2D eigenvalue weighted by Crippen LogP contribution is 2.36. The Labute approximate surface area is 178 Å². The fourth-order valence-corrected chi connectivity index (χ4v) is 3.89. The number of hydrogen-bond donors (Lipinski definition) is 1. The zero-order chi connectivity index (χ0) is 20.7. The normalized spacial score (nSPS) is 11.4. The Morgan fingerprint density at radius 3 is 2.34 bits per heavy atom. The van der Waals surface area contributed by atoms with E-state index >= 15 is 0 Å². The van der Waals surface area contributed by atoms with Gasteiger partial charge in [0.2, 0.25) is 0 Å². The Kier molecular flexibility index (Phi) is 6.90. The monoisotopic (exact) mass is 474 g/mol. The number of halogens is 1. The van der Waals surface area contributed by atoms with Gasteiger partial charge in [-0.1, -0.05) is 48.5 Å². The number of hydrogen-bond acceptors (Lipinski definition) is 5. The molecule has 0 bridgehead atoms. The Balaban J connectivity index is 1.73. The quantitative estimate of drug-likeness (QED) is 0.388. The Morgan fingerprint density at radius 2 is 1.69 bits per heavy atom. The number of rotatable bonds is 8. The summed E-state index contributed by atoms with van der Waals surface area (Å²) in [5, 5.41) is 3.85. The van der Waals surface area contributed by atoms with Crippen molar-refractivity contribution < 1.29 is 17.9 Å². The Morgan fingerprint density at radius 1 is 1.03 bits per heavy atom. The number of sulfonamides is 1. The maximum absolute atomic E-state index is 12.2. The zero-order valence-corrected chi connectivity index (χ0v) is 18.0. The highest BCUT2D eigenvalue weighted by atomic mass is 79.9. The molecule has 3 aromatic rings. The smallest absolute Gasteiger partial charge is 0.276 e. The molecule has 0 atom stereocenters. The van der Waals surface area contributed by atoms with Crippen LogP contribution in [0.5, 0.6) is 11.5 Å². The van der Waals surface area contributed by atoms with Crippen LogP contribution in [0.1, 0.15) is 11.1 Å². The van der Waals surface area contributed by atoms with Gasteiger partial charge >= 0.3 is 0 Å². The van der Waals surface area contributed by atoms with Gasteiger partial charge in [-0.15, -0.1) is 0 Å². The average Bonchev–Trinajstić information content (AvgIpc) is 2.74. The summed E-state index contributed by atoms with van der Waals surface area (Å²) in [6, 6.07) is 21.3. The first-order valence-corrected chi connectivity index (χ1v) is 10.9. The van der Waals surface area contributed by atoms with Crippen molar-refractivity contribution in [2.24, 2.45) is 5.10 Å². The standard InChI is InChI=1S/C21H19BrN2O4S/c1-27-20-13-17(14-23-24-29(25,26)18-10-6-3-7-11-18)12-19(22)21(20)28-15-16-8-4-2-5-9-16/h2-14,24H,15H2,1H3/b23-14+. The molecule has 6 nitrogen and oxygen atoms in total. The molecule has 0 aromatic heterocycles. The lowest BCUT2D eigenvalue weighted by Gasteiger charge is -2.13. The van der Waals surface area contributed by atoms with Crippen molar-refractivity contribution >= 4 is 32.2 Å². The lowest BCUT2D eigenvalue weighted by atomic mass is 10.2. The number of nitrogens with zero attached hydrogens (tertiary/aromatic N) is 1. The third kappa shape index (κ3) is 5.58. The van der Waals surface area contributed by atoms with Crippen LogP contribution in [0.15, 0.2) is 87.3 Å². The number of nitrogens with one attached hydrogen (secondary N) is 1. The molecule has 0 radical (unpaired) electrons. The molecule has 0 saturated carbocycles. The van der Waals surface area contributed by atoms with Crippen LogP contribution in [0.25, 0.3) is 0 Å². The van der Waals surface area contributed by atoms with E-state index in [0.717, 1.165) is 5.56 Å². The van der Waals surface area contributed by atoms with Crippen LogP contribution >= 0.6 is 15.9 Å². The lowest BCUT2D eigenvalue weighted by Crippen LogP contribution is -2.18. The van der Waals surface area contributed by atoms with Gasteiger partial charge in [-0.25, -0.2) is 4.83 Å². The summed E-state index contributed by atoms with van der Waals surface area (Å²) in [4.78, 5) is 2.34. The van der Waals surface area contributed by atoms with E-state index in [9.17, 15) is 8.42 Å². The summed E-state index contributed by atoms with van der Waals surface area (Å²) >= 11 is 3.48. The fourth-order valence-electron chi connectivity index (χ4n) is 2.51. The third-order valence-corrected chi connectivity index (χ3v) is 5.75. The molecule has 8 heteroatoms. The molecule has 3 rings (SSSR count). The van der Waals surface area contributed by atoms with E-state index in [1.54, 1.807) is 30.3 Å². The van der Waals surface area contributed by atoms with E-state index < -0.39 is 10.0 Å². The minimum Gasteiger partial charge on any atom is -0.493 e. The minimum atomic E-state index is -3.72. The second kappa shape index (κ2) is 9.58. The van der Waals surface area contributed by atoms with Crippen LogP contribution in [0.2, 0.25) is 0 Å². The van der Waals surface area contributed by atoms with E-state index in [1.165, 1.54) is 25.5 Å². The largest absolute Gasteiger partial charge is 0.493 e. The van der Waals surface area contributed by atoms with E-state index in [4.69, 9.17) is 9.47 Å². The maximum atomic E-state index is 12.2. The molecule has 150 valence electrons. The van der Waals surface area contributed by atoms with Gasteiger partial charge < -0.3 is 9.47 Å². The van der Waals surface area contributed by atoms with Crippen LogP contribution < -0.4 is 14.3 Å². The van der Waals surface area contributed by atoms with E-state index in [0.29, 0.717) is 28.1 Å². The van der Waals surface area contributed by atoms with Crippen LogP contribution in [-0.4, -0.2) is 21.7 Å². The first-order valence-electron chi connectivity index (χ1n) is 8.64. The van der Waals surface area contributed by atoms with Crippen molar-refractivity contribution in [2.45, 2.75) is 11.5 Å². The molecule has 29 heavy (non-hydrogen) atoms. The molecular formula is C21H19BrN2O4S. The van der Waals surface area contributed by atoms with Crippen molar-refractivity contribution in [1.82, 2.24) is 4.83 Å². The maximum Gasteiger partial charge on any atom is 0.276 e. The van der Waals surface area contributed by atoms with Gasteiger partial charge in [-0.2, -0.15) is 13.5 Å². The molecule has 3 aromatic carbocycles. The number of benzene rings is 3. The highest BCUT2D eigenvalue weighted by molar-refractivity contribution is 9.10. The lowest BCUT2D eigenvalue weighted by molar-refractivity contribution is 0.282. The van der Waals surface area contributed by atoms with Crippen LogP contribution in [0, 0.1) is 0 Å². The summed E-state index contributed by atoms with van der Waals surface area (Å²) in [5.74, 6) is 1.06. The van der Waals surface area contributed by atoms with Gasteiger partial charge in [0.05, 0.1) is 22.7 Å². The predicted octanol–water partition coefficient (Wildman–Crippen LogP) is 4.35. The van der Waals surface area contributed by atoms with Crippen LogP contribution in [0.3, 0.4) is 0 Å². The van der Waals surface area contributed by atoms with E-state index in [2.05, 4.69) is 25.9 Å². The van der Waals surface area contributed by atoms with E-state index in [-0.39, 0.29) is 4.90 Å². The summed E-state index contributed by atoms with van der Waals surface area (Å²) in [5.41, 5.74) is 1.67. The van der Waals surface area contributed by atoms with Crippen molar-refractivity contribution in [2.75, 3.05) is 7.11 Å².